The minimum atomic E-state index is -0.101. The maximum absolute atomic E-state index is 12.3. The van der Waals surface area contributed by atoms with E-state index in [2.05, 4.69) is 15.2 Å². The number of likely N-dealkylation sites (tertiary alicyclic amines) is 1. The lowest BCUT2D eigenvalue weighted by molar-refractivity contribution is 0.0840. The second kappa shape index (κ2) is 8.01. The highest BCUT2D eigenvalue weighted by Crippen LogP contribution is 2.22. The Morgan fingerprint density at radius 2 is 2.30 bits per heavy atom. The van der Waals surface area contributed by atoms with E-state index in [1.807, 2.05) is 17.5 Å². The van der Waals surface area contributed by atoms with E-state index >= 15 is 0 Å². The highest BCUT2D eigenvalue weighted by Gasteiger charge is 2.17. The standard InChI is InChI=1S/C16H21N3O2S2/c1-21-12(13-5-4-8-22-13)9-18-16(20)14-10-17-15(23-14)11-19-6-2-3-7-19/h4-5,8,10,12H,2-3,6-7,9,11H2,1H3,(H,18,20). The second-order valence-corrected chi connectivity index (χ2v) is 7.65. The van der Waals surface area contributed by atoms with E-state index < -0.39 is 0 Å². The Morgan fingerprint density at radius 3 is 3.00 bits per heavy atom. The smallest absolute Gasteiger partial charge is 0.263 e. The molecule has 1 amide bonds. The minimum absolute atomic E-state index is 0.0752. The van der Waals surface area contributed by atoms with Gasteiger partial charge in [0.1, 0.15) is 16.0 Å². The first kappa shape index (κ1) is 16.6. The van der Waals surface area contributed by atoms with Crippen LogP contribution in [0.15, 0.2) is 23.7 Å². The van der Waals surface area contributed by atoms with Crippen LogP contribution in [0.3, 0.4) is 0 Å². The monoisotopic (exact) mass is 351 g/mol. The molecule has 1 atom stereocenters. The third-order valence-electron chi connectivity index (χ3n) is 3.93. The molecule has 5 nitrogen and oxygen atoms in total. The van der Waals surface area contributed by atoms with Gasteiger partial charge in [0, 0.05) is 18.5 Å². The zero-order valence-electron chi connectivity index (χ0n) is 13.2. The van der Waals surface area contributed by atoms with E-state index in [0.717, 1.165) is 29.5 Å². The van der Waals surface area contributed by atoms with Crippen LogP contribution in [0.2, 0.25) is 0 Å². The molecule has 23 heavy (non-hydrogen) atoms. The molecule has 0 spiro atoms. The summed E-state index contributed by atoms with van der Waals surface area (Å²) in [6, 6.07) is 4.01. The van der Waals surface area contributed by atoms with Gasteiger partial charge in [-0.3, -0.25) is 9.69 Å². The average molecular weight is 351 g/mol. The number of ether oxygens (including phenoxy) is 1. The number of aromatic nitrogens is 1. The Bertz CT molecular complexity index is 621. The van der Waals surface area contributed by atoms with Gasteiger partial charge in [-0.25, -0.2) is 4.98 Å². The fraction of sp³-hybridized carbons (Fsp3) is 0.500. The average Bonchev–Trinajstić information content (AvgIpc) is 3.30. The van der Waals surface area contributed by atoms with Crippen molar-refractivity contribution in [3.8, 4) is 0 Å². The zero-order chi connectivity index (χ0) is 16.1. The Kier molecular flexibility index (Phi) is 5.77. The molecule has 1 aliphatic rings. The fourth-order valence-electron chi connectivity index (χ4n) is 2.67. The largest absolute Gasteiger partial charge is 0.374 e. The van der Waals surface area contributed by atoms with Gasteiger partial charge < -0.3 is 10.1 Å². The normalized spacial score (nSPS) is 16.6. The molecule has 3 rings (SSSR count). The molecule has 0 aromatic carbocycles. The molecule has 0 saturated carbocycles. The van der Waals surface area contributed by atoms with E-state index in [4.69, 9.17) is 4.74 Å². The number of thiazole rings is 1. The first-order valence-electron chi connectivity index (χ1n) is 7.77. The van der Waals surface area contributed by atoms with Crippen LogP contribution in [0.4, 0.5) is 0 Å². The molecular weight excluding hydrogens is 330 g/mol. The Labute approximate surface area is 144 Å². The molecule has 2 aromatic heterocycles. The maximum Gasteiger partial charge on any atom is 0.263 e. The summed E-state index contributed by atoms with van der Waals surface area (Å²) in [5.74, 6) is -0.0752. The highest BCUT2D eigenvalue weighted by molar-refractivity contribution is 7.13. The number of nitrogens with one attached hydrogen (secondary N) is 1. The third kappa shape index (κ3) is 4.38. The minimum Gasteiger partial charge on any atom is -0.374 e. The van der Waals surface area contributed by atoms with Crippen LogP contribution >= 0.6 is 22.7 Å². The molecule has 124 valence electrons. The first-order chi connectivity index (χ1) is 11.3. The molecule has 1 fully saturated rings. The van der Waals surface area contributed by atoms with E-state index in [0.29, 0.717) is 11.4 Å². The van der Waals surface area contributed by atoms with Crippen LogP contribution < -0.4 is 5.32 Å². The lowest BCUT2D eigenvalue weighted by atomic mass is 10.3. The van der Waals surface area contributed by atoms with Crippen LogP contribution in [0.1, 0.15) is 38.5 Å². The molecule has 0 aliphatic carbocycles. The van der Waals surface area contributed by atoms with Crippen LogP contribution in [0.5, 0.6) is 0 Å². The molecule has 3 heterocycles. The van der Waals surface area contributed by atoms with Gasteiger partial charge in [-0.15, -0.1) is 22.7 Å². The summed E-state index contributed by atoms with van der Waals surface area (Å²) >= 11 is 3.11. The van der Waals surface area contributed by atoms with Gasteiger partial charge in [0.2, 0.25) is 0 Å². The SMILES string of the molecule is COC(CNC(=O)c1cnc(CN2CCCC2)s1)c1cccs1. The summed E-state index contributed by atoms with van der Waals surface area (Å²) in [7, 11) is 1.66. The van der Waals surface area contributed by atoms with Crippen molar-refractivity contribution in [1.82, 2.24) is 15.2 Å². The van der Waals surface area contributed by atoms with Gasteiger partial charge in [0.05, 0.1) is 12.7 Å². The summed E-state index contributed by atoms with van der Waals surface area (Å²) in [4.78, 5) is 20.8. The maximum atomic E-state index is 12.3. The number of amides is 1. The fourth-order valence-corrected chi connectivity index (χ4v) is 4.35. The van der Waals surface area contributed by atoms with Crippen molar-refractivity contribution < 1.29 is 9.53 Å². The summed E-state index contributed by atoms with van der Waals surface area (Å²) in [6.07, 6.45) is 4.11. The Balaban J connectivity index is 1.52. The third-order valence-corrected chi connectivity index (χ3v) is 5.87. The van der Waals surface area contributed by atoms with Crippen LogP contribution in [0.25, 0.3) is 0 Å². The van der Waals surface area contributed by atoms with Crippen molar-refractivity contribution >= 4 is 28.6 Å². The molecule has 1 unspecified atom stereocenters. The van der Waals surface area contributed by atoms with Crippen molar-refractivity contribution in [2.24, 2.45) is 0 Å². The molecule has 0 bridgehead atoms. The topological polar surface area (TPSA) is 54.5 Å². The van der Waals surface area contributed by atoms with E-state index in [1.165, 1.54) is 24.2 Å². The molecule has 1 aliphatic heterocycles. The molecule has 0 radical (unpaired) electrons. The van der Waals surface area contributed by atoms with Crippen molar-refractivity contribution in [3.05, 3.63) is 38.5 Å². The lowest BCUT2D eigenvalue weighted by Gasteiger charge is -2.14. The van der Waals surface area contributed by atoms with E-state index in [-0.39, 0.29) is 12.0 Å². The second-order valence-electron chi connectivity index (χ2n) is 5.55. The first-order valence-corrected chi connectivity index (χ1v) is 9.47. The van der Waals surface area contributed by atoms with E-state index in [1.54, 1.807) is 24.6 Å². The van der Waals surface area contributed by atoms with Crippen molar-refractivity contribution in [3.63, 3.8) is 0 Å². The predicted octanol–water partition coefficient (Wildman–Crippen LogP) is 2.92. The van der Waals surface area contributed by atoms with Crippen molar-refractivity contribution in [2.45, 2.75) is 25.5 Å². The summed E-state index contributed by atoms with van der Waals surface area (Å²) in [5.41, 5.74) is 0. The number of thiophene rings is 1. The van der Waals surface area contributed by atoms with Gasteiger partial charge in [-0.05, 0) is 37.4 Å². The Hall–Kier alpha value is -1.28. The number of carbonyl (C=O) groups is 1. The quantitative estimate of drug-likeness (QED) is 0.833. The van der Waals surface area contributed by atoms with Crippen LogP contribution in [-0.4, -0.2) is 42.5 Å². The van der Waals surface area contributed by atoms with Crippen LogP contribution in [0, 0.1) is 0 Å². The lowest BCUT2D eigenvalue weighted by Crippen LogP contribution is -2.28. The number of hydrogen-bond acceptors (Lipinski definition) is 6. The molecule has 1 N–H and O–H groups in total. The number of nitrogens with zero attached hydrogens (tertiary/aromatic N) is 2. The number of hydrogen-bond donors (Lipinski definition) is 1. The number of rotatable bonds is 7. The van der Waals surface area contributed by atoms with Gasteiger partial charge in [0.15, 0.2) is 0 Å². The van der Waals surface area contributed by atoms with Crippen molar-refractivity contribution in [2.75, 3.05) is 26.7 Å². The molecule has 7 heteroatoms. The summed E-state index contributed by atoms with van der Waals surface area (Å²) in [6.45, 7) is 3.60. The van der Waals surface area contributed by atoms with Gasteiger partial charge in [0.25, 0.3) is 5.91 Å². The van der Waals surface area contributed by atoms with Gasteiger partial charge >= 0.3 is 0 Å². The number of methoxy groups -OCH3 is 1. The van der Waals surface area contributed by atoms with Gasteiger partial charge in [-0.2, -0.15) is 0 Å². The van der Waals surface area contributed by atoms with Gasteiger partial charge in [-0.1, -0.05) is 6.07 Å². The predicted molar refractivity (Wildman–Crippen MR) is 93.0 cm³/mol. The molecular formula is C16H21N3O2S2. The highest BCUT2D eigenvalue weighted by atomic mass is 32.1. The molecule has 1 saturated heterocycles. The van der Waals surface area contributed by atoms with Crippen LogP contribution in [-0.2, 0) is 11.3 Å². The summed E-state index contributed by atoms with van der Waals surface area (Å²) in [5, 5.41) is 5.97. The van der Waals surface area contributed by atoms with Crippen molar-refractivity contribution in [1.29, 1.82) is 0 Å². The van der Waals surface area contributed by atoms with E-state index in [9.17, 15) is 4.79 Å². The Morgan fingerprint density at radius 1 is 1.48 bits per heavy atom. The number of carbonyl (C=O) groups excluding carboxylic acids is 1. The zero-order valence-corrected chi connectivity index (χ0v) is 14.8. The summed E-state index contributed by atoms with van der Waals surface area (Å²) < 4.78 is 5.45. The molecule has 2 aromatic rings.